The summed E-state index contributed by atoms with van der Waals surface area (Å²) in [5, 5.41) is 7.24. The van der Waals surface area contributed by atoms with Crippen molar-refractivity contribution in [2.24, 2.45) is 0 Å². The van der Waals surface area contributed by atoms with Crippen LogP contribution < -0.4 is 14.8 Å². The van der Waals surface area contributed by atoms with E-state index in [-0.39, 0.29) is 6.79 Å². The summed E-state index contributed by atoms with van der Waals surface area (Å²) in [7, 11) is 0. The van der Waals surface area contributed by atoms with Crippen molar-refractivity contribution in [3.8, 4) is 11.5 Å². The lowest BCUT2D eigenvalue weighted by Gasteiger charge is -2.06. The van der Waals surface area contributed by atoms with E-state index in [0.29, 0.717) is 10.8 Å². The summed E-state index contributed by atoms with van der Waals surface area (Å²) in [6, 6.07) is 3.88. The molecule has 0 radical (unpaired) electrons. The first-order chi connectivity index (χ1) is 9.72. The second-order valence-electron chi connectivity index (χ2n) is 4.62. The smallest absolute Gasteiger partial charge is 0.231 e. The molecule has 0 unspecified atom stereocenters. The molecule has 1 aromatic carbocycles. The first-order valence-corrected chi connectivity index (χ1v) is 7.68. The van der Waals surface area contributed by atoms with Crippen LogP contribution in [-0.2, 0) is 13.0 Å². The van der Waals surface area contributed by atoms with E-state index in [4.69, 9.17) is 21.1 Å². The van der Waals surface area contributed by atoms with E-state index in [9.17, 15) is 0 Å². The molecule has 1 aliphatic rings. The number of aromatic nitrogens is 1. The number of thiazole rings is 1. The second kappa shape index (κ2) is 5.99. The van der Waals surface area contributed by atoms with Crippen molar-refractivity contribution >= 4 is 22.9 Å². The van der Waals surface area contributed by atoms with Gasteiger partial charge in [-0.2, -0.15) is 0 Å². The normalized spacial score (nSPS) is 12.9. The Morgan fingerprint density at radius 3 is 3.10 bits per heavy atom. The van der Waals surface area contributed by atoms with Crippen LogP contribution in [0.15, 0.2) is 17.5 Å². The number of ether oxygens (including phenoxy) is 2. The Morgan fingerprint density at radius 2 is 2.30 bits per heavy atom. The molecule has 2 heterocycles. The minimum Gasteiger partial charge on any atom is -0.454 e. The summed E-state index contributed by atoms with van der Waals surface area (Å²) in [5.74, 6) is 1.37. The number of fused-ring (bicyclic) bond motifs is 1. The third-order valence-corrected chi connectivity index (χ3v) is 4.31. The lowest BCUT2D eigenvalue weighted by molar-refractivity contribution is 0.174. The van der Waals surface area contributed by atoms with Crippen molar-refractivity contribution in [2.45, 2.75) is 19.9 Å². The van der Waals surface area contributed by atoms with Crippen LogP contribution in [0.1, 0.15) is 16.3 Å². The standard InChI is InChI=1S/C14H15ClN2O2S/c1-9-7-20-13(17-9)2-3-16-6-10-4-11(15)14-12(5-10)18-8-19-14/h4-5,7,16H,2-3,6,8H2,1H3. The first-order valence-electron chi connectivity index (χ1n) is 6.42. The molecule has 0 aliphatic carbocycles. The van der Waals surface area contributed by atoms with Gasteiger partial charge in [0.05, 0.1) is 10.0 Å². The molecular formula is C14H15ClN2O2S. The fraction of sp³-hybridized carbons (Fsp3) is 0.357. The fourth-order valence-electron chi connectivity index (χ4n) is 2.07. The zero-order chi connectivity index (χ0) is 13.9. The quantitative estimate of drug-likeness (QED) is 0.862. The predicted octanol–water partition coefficient (Wildman–Crippen LogP) is 3.17. The molecule has 0 atom stereocenters. The van der Waals surface area contributed by atoms with Gasteiger partial charge in [-0.1, -0.05) is 11.6 Å². The van der Waals surface area contributed by atoms with Crippen LogP contribution in [0.3, 0.4) is 0 Å². The zero-order valence-electron chi connectivity index (χ0n) is 11.1. The molecule has 20 heavy (non-hydrogen) atoms. The van der Waals surface area contributed by atoms with Crippen molar-refractivity contribution < 1.29 is 9.47 Å². The maximum absolute atomic E-state index is 6.15. The Labute approximate surface area is 126 Å². The number of aryl methyl sites for hydroxylation is 1. The number of halogens is 1. The maximum atomic E-state index is 6.15. The van der Waals surface area contributed by atoms with Crippen molar-refractivity contribution in [3.05, 3.63) is 38.8 Å². The van der Waals surface area contributed by atoms with Crippen molar-refractivity contribution in [3.63, 3.8) is 0 Å². The monoisotopic (exact) mass is 310 g/mol. The maximum Gasteiger partial charge on any atom is 0.231 e. The summed E-state index contributed by atoms with van der Waals surface area (Å²) in [6.07, 6.45) is 0.941. The number of hydrogen-bond donors (Lipinski definition) is 1. The third-order valence-electron chi connectivity index (χ3n) is 3.00. The van der Waals surface area contributed by atoms with Crippen molar-refractivity contribution in [2.75, 3.05) is 13.3 Å². The Bertz CT molecular complexity index is 615. The van der Waals surface area contributed by atoms with E-state index in [1.807, 2.05) is 19.1 Å². The zero-order valence-corrected chi connectivity index (χ0v) is 12.7. The lowest BCUT2D eigenvalue weighted by atomic mass is 10.2. The van der Waals surface area contributed by atoms with E-state index in [0.717, 1.165) is 36.5 Å². The van der Waals surface area contributed by atoms with Crippen LogP contribution in [0.2, 0.25) is 5.02 Å². The molecule has 0 saturated heterocycles. The molecule has 0 bridgehead atoms. The van der Waals surface area contributed by atoms with Crippen molar-refractivity contribution in [1.29, 1.82) is 0 Å². The Hall–Kier alpha value is -1.30. The van der Waals surface area contributed by atoms with E-state index < -0.39 is 0 Å². The van der Waals surface area contributed by atoms with Gasteiger partial charge in [-0.05, 0) is 24.6 Å². The molecule has 1 aliphatic heterocycles. The van der Waals surface area contributed by atoms with Gasteiger partial charge in [0.15, 0.2) is 11.5 Å². The average Bonchev–Trinajstić information content (AvgIpc) is 3.04. The van der Waals surface area contributed by atoms with Crippen molar-refractivity contribution in [1.82, 2.24) is 10.3 Å². The predicted molar refractivity (Wildman–Crippen MR) is 79.8 cm³/mol. The molecule has 3 rings (SSSR count). The summed E-state index contributed by atoms with van der Waals surface area (Å²) >= 11 is 7.85. The summed E-state index contributed by atoms with van der Waals surface area (Å²) < 4.78 is 10.6. The van der Waals surface area contributed by atoms with Crippen LogP contribution in [0.4, 0.5) is 0 Å². The summed E-state index contributed by atoms with van der Waals surface area (Å²) in [6.45, 7) is 3.90. The number of nitrogens with one attached hydrogen (secondary N) is 1. The van der Waals surface area contributed by atoms with Gasteiger partial charge in [-0.25, -0.2) is 4.98 Å². The number of benzene rings is 1. The highest BCUT2D eigenvalue weighted by Crippen LogP contribution is 2.39. The Kier molecular flexibility index (Phi) is 4.10. The largest absolute Gasteiger partial charge is 0.454 e. The van der Waals surface area contributed by atoms with E-state index >= 15 is 0 Å². The molecule has 1 aromatic heterocycles. The molecule has 0 fully saturated rings. The van der Waals surface area contributed by atoms with Gasteiger partial charge in [0, 0.05) is 30.6 Å². The highest BCUT2D eigenvalue weighted by molar-refractivity contribution is 7.09. The molecular weight excluding hydrogens is 296 g/mol. The van der Waals surface area contributed by atoms with Gasteiger partial charge in [-0.3, -0.25) is 0 Å². The Morgan fingerprint density at radius 1 is 1.40 bits per heavy atom. The first kappa shape index (κ1) is 13.7. The fourth-order valence-corrected chi connectivity index (χ4v) is 3.13. The van der Waals surface area contributed by atoms with Gasteiger partial charge >= 0.3 is 0 Å². The van der Waals surface area contributed by atoms with Gasteiger partial charge < -0.3 is 14.8 Å². The highest BCUT2D eigenvalue weighted by atomic mass is 35.5. The molecule has 6 heteroatoms. The average molecular weight is 311 g/mol. The van der Waals surface area contributed by atoms with E-state index in [1.54, 1.807) is 11.3 Å². The van der Waals surface area contributed by atoms with Crippen LogP contribution in [0, 0.1) is 6.92 Å². The van der Waals surface area contributed by atoms with Gasteiger partial charge in [0.2, 0.25) is 6.79 Å². The van der Waals surface area contributed by atoms with Crippen LogP contribution in [0.25, 0.3) is 0 Å². The van der Waals surface area contributed by atoms with Crippen LogP contribution in [-0.4, -0.2) is 18.3 Å². The van der Waals surface area contributed by atoms with Gasteiger partial charge in [0.1, 0.15) is 0 Å². The minimum atomic E-state index is 0.245. The number of nitrogens with zero attached hydrogens (tertiary/aromatic N) is 1. The molecule has 106 valence electrons. The number of rotatable bonds is 5. The summed E-state index contributed by atoms with van der Waals surface area (Å²) in [5.41, 5.74) is 2.18. The summed E-state index contributed by atoms with van der Waals surface area (Å²) in [4.78, 5) is 4.44. The second-order valence-corrected chi connectivity index (χ2v) is 5.97. The van der Waals surface area contributed by atoms with Gasteiger partial charge in [-0.15, -0.1) is 11.3 Å². The lowest BCUT2D eigenvalue weighted by Crippen LogP contribution is -2.16. The Balaban J connectivity index is 1.52. The van der Waals surface area contributed by atoms with E-state index in [1.165, 1.54) is 5.01 Å². The molecule has 0 spiro atoms. The molecule has 1 N–H and O–H groups in total. The molecule has 4 nitrogen and oxygen atoms in total. The van der Waals surface area contributed by atoms with E-state index in [2.05, 4.69) is 15.7 Å². The SMILES string of the molecule is Cc1csc(CCNCc2cc(Cl)c3c(c2)OCO3)n1. The van der Waals surface area contributed by atoms with Gasteiger partial charge in [0.25, 0.3) is 0 Å². The molecule has 0 amide bonds. The minimum absolute atomic E-state index is 0.245. The third kappa shape index (κ3) is 3.06. The number of hydrogen-bond acceptors (Lipinski definition) is 5. The molecule has 0 saturated carbocycles. The van der Waals surface area contributed by atoms with Crippen LogP contribution in [0.5, 0.6) is 11.5 Å². The highest BCUT2D eigenvalue weighted by Gasteiger charge is 2.17. The molecule has 2 aromatic rings. The van der Waals surface area contributed by atoms with Crippen LogP contribution >= 0.6 is 22.9 Å². The topological polar surface area (TPSA) is 43.4 Å².